The first-order valence-corrected chi connectivity index (χ1v) is 7.72. The van der Waals surface area contributed by atoms with Crippen LogP contribution in [0.25, 0.3) is 5.69 Å². The fourth-order valence-electron chi connectivity index (χ4n) is 2.35. The number of hydrogen-bond acceptors (Lipinski definition) is 4. The minimum Gasteiger partial charge on any atom is -0.396 e. The minimum absolute atomic E-state index is 0.0260. The molecule has 0 aliphatic rings. The highest BCUT2D eigenvalue weighted by atomic mass is 16.3. The topological polar surface area (TPSA) is 80.0 Å². The van der Waals surface area contributed by atoms with Gasteiger partial charge < -0.3 is 10.4 Å². The van der Waals surface area contributed by atoms with Gasteiger partial charge in [-0.05, 0) is 36.5 Å². The van der Waals surface area contributed by atoms with E-state index in [2.05, 4.69) is 15.6 Å². The van der Waals surface area contributed by atoms with Gasteiger partial charge in [0.25, 0.3) is 5.91 Å². The van der Waals surface area contributed by atoms with Crippen molar-refractivity contribution in [3.05, 3.63) is 41.7 Å². The van der Waals surface area contributed by atoms with Gasteiger partial charge in [-0.3, -0.25) is 4.79 Å². The Morgan fingerprint density at radius 2 is 2.13 bits per heavy atom. The molecule has 0 aliphatic carbocycles. The number of aromatic nitrogens is 3. The number of nitrogens with zero attached hydrogens (tertiary/aromatic N) is 3. The Labute approximate surface area is 136 Å². The van der Waals surface area contributed by atoms with Gasteiger partial charge in [-0.1, -0.05) is 38.1 Å². The highest BCUT2D eigenvalue weighted by Gasteiger charge is 2.27. The second-order valence-corrected chi connectivity index (χ2v) is 6.79. The van der Waals surface area contributed by atoms with Crippen LogP contribution >= 0.6 is 0 Å². The number of aryl methyl sites for hydroxylation is 1. The number of benzene rings is 1. The maximum Gasteiger partial charge on any atom is 0.273 e. The summed E-state index contributed by atoms with van der Waals surface area (Å²) in [6, 6.07) is 7.68. The van der Waals surface area contributed by atoms with E-state index < -0.39 is 0 Å². The van der Waals surface area contributed by atoms with Gasteiger partial charge in [-0.2, -0.15) is 0 Å². The van der Waals surface area contributed by atoms with E-state index in [4.69, 9.17) is 0 Å². The van der Waals surface area contributed by atoms with Crippen molar-refractivity contribution in [3.8, 4) is 5.69 Å². The van der Waals surface area contributed by atoms with Gasteiger partial charge in [0.05, 0.1) is 11.9 Å². The summed E-state index contributed by atoms with van der Waals surface area (Å²) in [4.78, 5) is 12.4. The van der Waals surface area contributed by atoms with Crippen LogP contribution in [0.3, 0.4) is 0 Å². The van der Waals surface area contributed by atoms with Crippen molar-refractivity contribution in [2.24, 2.45) is 5.41 Å². The molecule has 0 bridgehead atoms. The lowest BCUT2D eigenvalue weighted by Crippen LogP contribution is -2.44. The molecule has 1 heterocycles. The lowest BCUT2D eigenvalue weighted by Gasteiger charge is -2.30. The summed E-state index contributed by atoms with van der Waals surface area (Å²) in [6.07, 6.45) is 2.12. The molecule has 6 nitrogen and oxygen atoms in total. The fourth-order valence-corrected chi connectivity index (χ4v) is 2.35. The number of aliphatic hydroxyl groups is 1. The number of aliphatic hydroxyl groups excluding tert-OH is 1. The molecule has 1 unspecified atom stereocenters. The monoisotopic (exact) mass is 316 g/mol. The molecule has 0 spiro atoms. The number of carbonyl (C=O) groups excluding carboxylic acids is 1. The van der Waals surface area contributed by atoms with Crippen LogP contribution in [0, 0.1) is 12.3 Å². The first-order chi connectivity index (χ1) is 10.8. The van der Waals surface area contributed by atoms with Gasteiger partial charge in [0, 0.05) is 12.6 Å². The molecular formula is C17H24N4O2. The standard InChI is InChI=1S/C17H24N4O2/c1-12-6-5-7-13(10-12)21-11-14(19-20-21)16(23)18-15(8-9-22)17(2,3)4/h5-7,10-11,15,22H,8-9H2,1-4H3,(H,18,23). The summed E-state index contributed by atoms with van der Waals surface area (Å²) in [5.74, 6) is -0.280. The van der Waals surface area contributed by atoms with Gasteiger partial charge in [-0.25, -0.2) is 4.68 Å². The average Bonchev–Trinajstić information content (AvgIpc) is 2.95. The number of hydrogen-bond donors (Lipinski definition) is 2. The number of amides is 1. The van der Waals surface area contributed by atoms with Crippen LogP contribution in [0.5, 0.6) is 0 Å². The summed E-state index contributed by atoms with van der Waals surface area (Å²) < 4.78 is 1.58. The molecule has 2 aromatic rings. The van der Waals surface area contributed by atoms with Crippen molar-refractivity contribution in [3.63, 3.8) is 0 Å². The van der Waals surface area contributed by atoms with Crippen LogP contribution in [0.1, 0.15) is 43.2 Å². The maximum atomic E-state index is 12.4. The van der Waals surface area contributed by atoms with Crippen LogP contribution in [-0.2, 0) is 0 Å². The number of nitrogens with one attached hydrogen (secondary N) is 1. The van der Waals surface area contributed by atoms with E-state index in [1.54, 1.807) is 10.9 Å². The molecule has 2 N–H and O–H groups in total. The second kappa shape index (κ2) is 6.91. The molecule has 1 aromatic heterocycles. The van der Waals surface area contributed by atoms with E-state index in [0.717, 1.165) is 11.3 Å². The molecule has 0 saturated carbocycles. The first kappa shape index (κ1) is 17.1. The largest absolute Gasteiger partial charge is 0.396 e. The van der Waals surface area contributed by atoms with Crippen LogP contribution in [0.4, 0.5) is 0 Å². The second-order valence-electron chi connectivity index (χ2n) is 6.79. The molecule has 1 amide bonds. The lowest BCUT2D eigenvalue weighted by atomic mass is 9.85. The van der Waals surface area contributed by atoms with E-state index in [-0.39, 0.29) is 29.7 Å². The third-order valence-corrected chi connectivity index (χ3v) is 3.76. The van der Waals surface area contributed by atoms with Crippen molar-refractivity contribution in [1.29, 1.82) is 0 Å². The Balaban J connectivity index is 2.15. The van der Waals surface area contributed by atoms with Gasteiger partial charge >= 0.3 is 0 Å². The van der Waals surface area contributed by atoms with Crippen molar-refractivity contribution in [1.82, 2.24) is 20.3 Å². The van der Waals surface area contributed by atoms with E-state index in [0.29, 0.717) is 6.42 Å². The fraction of sp³-hybridized carbons (Fsp3) is 0.471. The summed E-state index contributed by atoms with van der Waals surface area (Å²) in [6.45, 7) is 8.10. The van der Waals surface area contributed by atoms with Crippen molar-refractivity contribution < 1.29 is 9.90 Å². The Kier molecular flexibility index (Phi) is 5.15. The zero-order valence-electron chi connectivity index (χ0n) is 14.1. The maximum absolute atomic E-state index is 12.4. The summed E-state index contributed by atoms with van der Waals surface area (Å²) in [5.41, 5.74) is 2.09. The third-order valence-electron chi connectivity index (χ3n) is 3.76. The van der Waals surface area contributed by atoms with Gasteiger partial charge in [-0.15, -0.1) is 5.10 Å². The van der Waals surface area contributed by atoms with E-state index in [1.165, 1.54) is 0 Å². The van der Waals surface area contributed by atoms with Crippen LogP contribution < -0.4 is 5.32 Å². The molecule has 0 radical (unpaired) electrons. The molecule has 124 valence electrons. The average molecular weight is 316 g/mol. The van der Waals surface area contributed by atoms with E-state index in [9.17, 15) is 9.90 Å². The predicted octanol–water partition coefficient (Wildman–Crippen LogP) is 2.10. The quantitative estimate of drug-likeness (QED) is 0.885. The highest BCUT2D eigenvalue weighted by Crippen LogP contribution is 2.22. The van der Waals surface area contributed by atoms with Gasteiger partial charge in [0.1, 0.15) is 0 Å². The lowest BCUT2D eigenvalue weighted by molar-refractivity contribution is 0.0880. The zero-order valence-corrected chi connectivity index (χ0v) is 14.1. The van der Waals surface area contributed by atoms with Crippen molar-refractivity contribution in [2.45, 2.75) is 40.2 Å². The SMILES string of the molecule is Cc1cccc(-n2cc(C(=O)NC(CCO)C(C)(C)C)nn2)c1. The normalized spacial score (nSPS) is 12.9. The zero-order chi connectivity index (χ0) is 17.0. The molecule has 1 atom stereocenters. The Bertz CT molecular complexity index is 673. The molecular weight excluding hydrogens is 292 g/mol. The summed E-state index contributed by atoms with van der Waals surface area (Å²) in [5, 5.41) is 20.1. The van der Waals surface area contributed by atoms with Crippen molar-refractivity contribution >= 4 is 5.91 Å². The molecule has 0 aliphatic heterocycles. The molecule has 2 rings (SSSR count). The van der Waals surface area contributed by atoms with Gasteiger partial charge in [0.2, 0.25) is 0 Å². The molecule has 1 aromatic carbocycles. The Morgan fingerprint density at radius 1 is 1.39 bits per heavy atom. The van der Waals surface area contributed by atoms with Gasteiger partial charge in [0.15, 0.2) is 5.69 Å². The predicted molar refractivity (Wildman–Crippen MR) is 88.5 cm³/mol. The summed E-state index contributed by atoms with van der Waals surface area (Å²) >= 11 is 0. The smallest absolute Gasteiger partial charge is 0.273 e. The molecule has 0 fully saturated rings. The number of carbonyl (C=O) groups is 1. The van der Waals surface area contributed by atoms with Crippen LogP contribution in [0.15, 0.2) is 30.5 Å². The molecule has 0 saturated heterocycles. The Morgan fingerprint density at radius 3 is 2.74 bits per heavy atom. The minimum atomic E-state index is -0.280. The van der Waals surface area contributed by atoms with Crippen LogP contribution in [-0.4, -0.2) is 38.7 Å². The molecule has 23 heavy (non-hydrogen) atoms. The highest BCUT2D eigenvalue weighted by molar-refractivity contribution is 5.92. The third kappa shape index (κ3) is 4.39. The van der Waals surface area contributed by atoms with Crippen LogP contribution in [0.2, 0.25) is 0 Å². The van der Waals surface area contributed by atoms with Crippen molar-refractivity contribution in [2.75, 3.05) is 6.61 Å². The first-order valence-electron chi connectivity index (χ1n) is 7.72. The van der Waals surface area contributed by atoms with E-state index >= 15 is 0 Å². The Hall–Kier alpha value is -2.21. The van der Waals surface area contributed by atoms with E-state index in [1.807, 2.05) is 52.0 Å². The molecule has 6 heteroatoms. The summed E-state index contributed by atoms with van der Waals surface area (Å²) in [7, 11) is 0. The number of rotatable bonds is 5.